The summed E-state index contributed by atoms with van der Waals surface area (Å²) in [5, 5.41) is -0.305. The summed E-state index contributed by atoms with van der Waals surface area (Å²) in [4.78, 5) is 10.0. The second-order valence-electron chi connectivity index (χ2n) is 1.10. The predicted molar refractivity (Wildman–Crippen MR) is 38.9 cm³/mol. The van der Waals surface area contributed by atoms with Gasteiger partial charge in [0, 0.05) is 11.6 Å². The molecule has 0 aromatic rings. The highest BCUT2D eigenvalue weighted by Gasteiger charge is 1.93. The van der Waals surface area contributed by atoms with Crippen LogP contribution in [-0.4, -0.2) is 22.6 Å². The van der Waals surface area contributed by atoms with Crippen LogP contribution in [0, 0.1) is 0 Å². The summed E-state index contributed by atoms with van der Waals surface area (Å²) in [6.45, 7) is 0. The minimum Gasteiger partial charge on any atom is -0.280 e. The number of rotatable bonds is 4. The Bertz CT molecular complexity index is 76.4. The van der Waals surface area contributed by atoms with Gasteiger partial charge in [0.25, 0.3) is 0 Å². The Labute approximate surface area is 62.7 Å². The maximum absolute atomic E-state index is 10.0. The molecule has 0 aliphatic carbocycles. The van der Waals surface area contributed by atoms with Gasteiger partial charge in [0.1, 0.15) is 0 Å². The highest BCUT2D eigenvalue weighted by molar-refractivity contribution is 8.00. The predicted octanol–water partition coefficient (Wildman–Crippen LogP) is 1.72. The highest BCUT2D eigenvalue weighted by atomic mass is 35.5. The van der Waals surface area contributed by atoms with Crippen molar-refractivity contribution in [1.29, 1.82) is 0 Å². The molecule has 0 atom stereocenters. The average molecular weight is 173 g/mol. The van der Waals surface area contributed by atoms with Gasteiger partial charge in [-0.15, -0.1) is 11.6 Å². The number of hydrogen-bond donors (Lipinski definition) is 0. The van der Waals surface area contributed by atoms with Crippen molar-refractivity contribution >= 4 is 40.2 Å². The molecular formula is C4H6Cl2OS. The van der Waals surface area contributed by atoms with Crippen LogP contribution in [0.4, 0.5) is 0 Å². The van der Waals surface area contributed by atoms with E-state index in [9.17, 15) is 4.79 Å². The van der Waals surface area contributed by atoms with E-state index in [1.165, 1.54) is 11.8 Å². The second-order valence-corrected chi connectivity index (χ2v) is 3.00. The fraction of sp³-hybridized carbons (Fsp3) is 0.750. The quantitative estimate of drug-likeness (QED) is 0.365. The Hall–Kier alpha value is 0.600. The Kier molecular flexibility index (Phi) is 6.16. The summed E-state index contributed by atoms with van der Waals surface area (Å²) >= 11 is 11.8. The number of carbonyl (C=O) groups excluding carboxylic acids is 1. The maximum atomic E-state index is 10.0. The number of alkyl halides is 1. The zero-order valence-corrected chi connectivity index (χ0v) is 6.52. The maximum Gasteiger partial charge on any atom is 0.231 e. The molecule has 0 spiro atoms. The van der Waals surface area contributed by atoms with E-state index < -0.39 is 0 Å². The van der Waals surface area contributed by atoms with Crippen LogP contribution >= 0.6 is 35.0 Å². The van der Waals surface area contributed by atoms with Crippen LogP contribution < -0.4 is 0 Å². The van der Waals surface area contributed by atoms with E-state index in [-0.39, 0.29) is 5.24 Å². The summed E-state index contributed by atoms with van der Waals surface area (Å²) in [5.41, 5.74) is 0. The van der Waals surface area contributed by atoms with Gasteiger partial charge in [-0.1, -0.05) is 0 Å². The molecular weight excluding hydrogens is 167 g/mol. The van der Waals surface area contributed by atoms with Crippen molar-refractivity contribution < 1.29 is 4.79 Å². The van der Waals surface area contributed by atoms with Crippen LogP contribution in [0.15, 0.2) is 0 Å². The monoisotopic (exact) mass is 172 g/mol. The molecule has 0 aliphatic rings. The van der Waals surface area contributed by atoms with Crippen molar-refractivity contribution in [3.63, 3.8) is 0 Å². The molecule has 0 amide bonds. The third-order valence-electron chi connectivity index (χ3n) is 0.437. The van der Waals surface area contributed by atoms with Gasteiger partial charge in [0.15, 0.2) is 0 Å². The van der Waals surface area contributed by atoms with Gasteiger partial charge >= 0.3 is 0 Å². The smallest absolute Gasteiger partial charge is 0.231 e. The first-order chi connectivity index (χ1) is 3.77. The van der Waals surface area contributed by atoms with Crippen LogP contribution in [0.3, 0.4) is 0 Å². The normalized spacial score (nSPS) is 9.25. The summed E-state index contributed by atoms with van der Waals surface area (Å²) in [6, 6.07) is 0. The molecule has 0 saturated heterocycles. The molecule has 1 nitrogen and oxygen atoms in total. The Morgan fingerprint density at radius 1 is 1.62 bits per heavy atom. The molecule has 0 aliphatic heterocycles. The van der Waals surface area contributed by atoms with Gasteiger partial charge in [0.2, 0.25) is 5.24 Å². The van der Waals surface area contributed by atoms with Crippen molar-refractivity contribution in [2.24, 2.45) is 0 Å². The molecule has 4 heteroatoms. The summed E-state index contributed by atoms with van der Waals surface area (Å²) in [6.07, 6.45) is 0. The molecule has 0 unspecified atom stereocenters. The van der Waals surface area contributed by atoms with Crippen molar-refractivity contribution in [2.45, 2.75) is 0 Å². The van der Waals surface area contributed by atoms with Gasteiger partial charge in [-0.05, 0) is 11.6 Å². The van der Waals surface area contributed by atoms with Crippen molar-refractivity contribution in [3.8, 4) is 0 Å². The Morgan fingerprint density at radius 3 is 2.62 bits per heavy atom. The van der Waals surface area contributed by atoms with Crippen LogP contribution in [0.25, 0.3) is 0 Å². The fourth-order valence-electron chi connectivity index (χ4n) is 0.207. The molecule has 0 bridgehead atoms. The zero-order chi connectivity index (χ0) is 6.41. The molecule has 0 aromatic heterocycles. The van der Waals surface area contributed by atoms with Crippen LogP contribution in [-0.2, 0) is 4.79 Å². The minimum atomic E-state index is -0.305. The lowest BCUT2D eigenvalue weighted by Crippen LogP contribution is -1.91. The molecule has 0 rings (SSSR count). The third kappa shape index (κ3) is 6.60. The largest absolute Gasteiger partial charge is 0.280 e. The van der Waals surface area contributed by atoms with E-state index in [2.05, 4.69) is 0 Å². The molecule has 0 radical (unpaired) electrons. The molecule has 0 fully saturated rings. The zero-order valence-electron chi connectivity index (χ0n) is 4.19. The van der Waals surface area contributed by atoms with E-state index in [0.29, 0.717) is 11.6 Å². The minimum absolute atomic E-state index is 0.305. The Balaban J connectivity index is 2.82. The first-order valence-corrected chi connectivity index (χ1v) is 4.16. The summed E-state index contributed by atoms with van der Waals surface area (Å²) in [5.74, 6) is 1.74. The van der Waals surface area contributed by atoms with Crippen molar-refractivity contribution in [3.05, 3.63) is 0 Å². The number of halogens is 2. The molecule has 0 aromatic carbocycles. The average Bonchev–Trinajstić information content (AvgIpc) is 1.66. The molecule has 0 saturated carbocycles. The topological polar surface area (TPSA) is 17.1 Å². The standard InChI is InChI=1S/C4H6Cl2OS/c5-1-2-8-3-4(6)7/h1-3H2. The van der Waals surface area contributed by atoms with Crippen LogP contribution in [0.2, 0.25) is 0 Å². The second kappa shape index (κ2) is 5.73. The SMILES string of the molecule is O=C(Cl)CSCCCl. The number of carbonyl (C=O) groups is 1. The lowest BCUT2D eigenvalue weighted by molar-refractivity contribution is -0.109. The third-order valence-corrected chi connectivity index (χ3v) is 2.10. The first kappa shape index (κ1) is 8.60. The Morgan fingerprint density at radius 2 is 2.25 bits per heavy atom. The molecule has 8 heavy (non-hydrogen) atoms. The summed E-state index contributed by atoms with van der Waals surface area (Å²) < 4.78 is 0. The van der Waals surface area contributed by atoms with Gasteiger partial charge in [-0.25, -0.2) is 0 Å². The van der Waals surface area contributed by atoms with E-state index in [4.69, 9.17) is 23.2 Å². The van der Waals surface area contributed by atoms with E-state index in [1.807, 2.05) is 0 Å². The fourth-order valence-corrected chi connectivity index (χ4v) is 1.18. The van der Waals surface area contributed by atoms with Gasteiger partial charge in [-0.2, -0.15) is 11.8 Å². The number of thioether (sulfide) groups is 1. The highest BCUT2D eigenvalue weighted by Crippen LogP contribution is 2.01. The van der Waals surface area contributed by atoms with Crippen LogP contribution in [0.1, 0.15) is 0 Å². The van der Waals surface area contributed by atoms with Gasteiger partial charge in [0.05, 0.1) is 5.75 Å². The van der Waals surface area contributed by atoms with Crippen molar-refractivity contribution in [2.75, 3.05) is 17.4 Å². The van der Waals surface area contributed by atoms with Crippen LogP contribution in [0.5, 0.6) is 0 Å². The first-order valence-electron chi connectivity index (χ1n) is 2.09. The lowest BCUT2D eigenvalue weighted by Gasteiger charge is -1.88. The van der Waals surface area contributed by atoms with Gasteiger partial charge < -0.3 is 0 Å². The summed E-state index contributed by atoms with van der Waals surface area (Å²) in [7, 11) is 0. The van der Waals surface area contributed by atoms with E-state index in [0.717, 1.165) is 5.75 Å². The van der Waals surface area contributed by atoms with E-state index in [1.54, 1.807) is 0 Å². The molecule has 48 valence electrons. The van der Waals surface area contributed by atoms with E-state index >= 15 is 0 Å². The lowest BCUT2D eigenvalue weighted by atomic mass is 10.9. The van der Waals surface area contributed by atoms with Gasteiger partial charge in [-0.3, -0.25) is 4.79 Å². The molecule has 0 N–H and O–H groups in total. The van der Waals surface area contributed by atoms with Crippen molar-refractivity contribution in [1.82, 2.24) is 0 Å². The number of hydrogen-bond acceptors (Lipinski definition) is 2. The molecule has 0 heterocycles.